The summed E-state index contributed by atoms with van der Waals surface area (Å²) in [4.78, 5) is 25.6. The maximum atomic E-state index is 11.1. The van der Waals surface area contributed by atoms with Gasteiger partial charge in [0, 0.05) is 11.8 Å². The maximum absolute atomic E-state index is 11.1. The van der Waals surface area contributed by atoms with Crippen molar-refractivity contribution >= 4 is 11.7 Å². The Hall–Kier alpha value is -2.96. The number of nitro benzene ring substituents is 1. The number of carboxylic acid groups (broad SMARTS) is 1. The van der Waals surface area contributed by atoms with E-state index in [0.29, 0.717) is 5.69 Å². The van der Waals surface area contributed by atoms with E-state index in [-0.39, 0.29) is 23.6 Å². The zero-order valence-corrected chi connectivity index (χ0v) is 11.1. The minimum absolute atomic E-state index is 0.0488. The summed E-state index contributed by atoms with van der Waals surface area (Å²) in [5.74, 6) is -1.55. The second kappa shape index (κ2) is 6.00. The van der Waals surface area contributed by atoms with E-state index in [9.17, 15) is 14.9 Å². The van der Waals surface area contributed by atoms with E-state index in [1.807, 2.05) is 0 Å². The van der Waals surface area contributed by atoms with Crippen molar-refractivity contribution in [2.24, 2.45) is 0 Å². The van der Waals surface area contributed by atoms with Crippen LogP contribution in [0.15, 0.2) is 36.4 Å². The van der Waals surface area contributed by atoms with Crippen LogP contribution in [0.3, 0.4) is 0 Å². The lowest BCUT2D eigenvalue weighted by molar-refractivity contribution is -0.386. The minimum atomic E-state index is -1.29. The van der Waals surface area contributed by atoms with Crippen molar-refractivity contribution in [2.45, 2.75) is 13.5 Å². The van der Waals surface area contributed by atoms with Gasteiger partial charge in [-0.05, 0) is 25.1 Å². The highest BCUT2D eigenvalue weighted by molar-refractivity contribution is 5.92. The number of nitro groups is 1. The summed E-state index contributed by atoms with van der Waals surface area (Å²) in [5.41, 5.74) is 0.695. The minimum Gasteiger partial charge on any atom is -0.480 e. The van der Waals surface area contributed by atoms with Crippen molar-refractivity contribution in [1.82, 2.24) is 4.98 Å². The molecule has 21 heavy (non-hydrogen) atoms. The second-order valence-corrected chi connectivity index (χ2v) is 4.28. The van der Waals surface area contributed by atoms with Crippen LogP contribution in [0.4, 0.5) is 5.69 Å². The van der Waals surface area contributed by atoms with Gasteiger partial charge in [0.25, 0.3) is 0 Å². The number of ether oxygens (including phenoxy) is 1. The number of pyridine rings is 1. The third kappa shape index (κ3) is 3.33. The lowest BCUT2D eigenvalue weighted by Gasteiger charge is -2.09. The maximum Gasteiger partial charge on any atom is 0.339 e. The number of carbonyl (C=O) groups is 1. The molecular formula is C14H12N2O5. The first-order valence-corrected chi connectivity index (χ1v) is 6.05. The van der Waals surface area contributed by atoms with Crippen molar-refractivity contribution in [3.05, 3.63) is 63.5 Å². The third-order valence-corrected chi connectivity index (χ3v) is 2.73. The molecule has 0 aliphatic carbocycles. The molecule has 0 spiro atoms. The predicted octanol–water partition coefficient (Wildman–Crippen LogP) is 2.58. The molecule has 0 atom stereocenters. The van der Waals surface area contributed by atoms with Crippen LogP contribution in [0, 0.1) is 17.0 Å². The molecule has 0 aliphatic heterocycles. The second-order valence-electron chi connectivity index (χ2n) is 4.28. The van der Waals surface area contributed by atoms with E-state index in [1.165, 1.54) is 18.2 Å². The normalized spacial score (nSPS) is 10.1. The van der Waals surface area contributed by atoms with Gasteiger partial charge < -0.3 is 9.84 Å². The fourth-order valence-electron chi connectivity index (χ4n) is 1.81. The van der Waals surface area contributed by atoms with Crippen molar-refractivity contribution < 1.29 is 19.6 Å². The van der Waals surface area contributed by atoms with Crippen LogP contribution < -0.4 is 4.74 Å². The predicted molar refractivity (Wildman–Crippen MR) is 73.4 cm³/mol. The summed E-state index contributed by atoms with van der Waals surface area (Å²) in [7, 11) is 0. The van der Waals surface area contributed by atoms with Crippen LogP contribution >= 0.6 is 0 Å². The SMILES string of the molecule is Cc1cccc(COc2c(C(=O)O)cccc2[N+](=O)[O-])n1. The zero-order chi connectivity index (χ0) is 15.4. The van der Waals surface area contributed by atoms with Crippen molar-refractivity contribution in [1.29, 1.82) is 0 Å². The number of benzene rings is 1. The Balaban J connectivity index is 2.33. The Morgan fingerprint density at radius 1 is 1.33 bits per heavy atom. The molecule has 7 heteroatoms. The first-order chi connectivity index (χ1) is 9.99. The lowest BCUT2D eigenvalue weighted by atomic mass is 10.1. The highest BCUT2D eigenvalue weighted by Gasteiger charge is 2.23. The van der Waals surface area contributed by atoms with Gasteiger partial charge in [-0.2, -0.15) is 0 Å². The van der Waals surface area contributed by atoms with Gasteiger partial charge in [0.1, 0.15) is 12.2 Å². The molecule has 7 nitrogen and oxygen atoms in total. The number of aryl methyl sites for hydroxylation is 1. The highest BCUT2D eigenvalue weighted by atomic mass is 16.6. The summed E-state index contributed by atoms with van der Waals surface area (Å²) in [6.45, 7) is 1.75. The largest absolute Gasteiger partial charge is 0.480 e. The van der Waals surface area contributed by atoms with Gasteiger partial charge in [0.05, 0.1) is 10.6 Å². The Kier molecular flexibility index (Phi) is 4.13. The van der Waals surface area contributed by atoms with Crippen molar-refractivity contribution in [2.75, 3.05) is 0 Å². The number of para-hydroxylation sites is 1. The van der Waals surface area contributed by atoms with Gasteiger partial charge in [-0.15, -0.1) is 0 Å². The molecule has 0 saturated heterocycles. The molecule has 0 unspecified atom stereocenters. The Morgan fingerprint density at radius 2 is 2.05 bits per heavy atom. The molecule has 1 N–H and O–H groups in total. The number of hydrogen-bond donors (Lipinski definition) is 1. The quantitative estimate of drug-likeness (QED) is 0.670. The van der Waals surface area contributed by atoms with Crippen LogP contribution in [-0.2, 0) is 6.61 Å². The van der Waals surface area contributed by atoms with Gasteiger partial charge in [-0.25, -0.2) is 4.79 Å². The highest BCUT2D eigenvalue weighted by Crippen LogP contribution is 2.31. The van der Waals surface area contributed by atoms with Crippen LogP contribution in [-0.4, -0.2) is 21.0 Å². The Bertz CT molecular complexity index is 667. The summed E-state index contributed by atoms with van der Waals surface area (Å²) in [6, 6.07) is 9.04. The molecule has 2 rings (SSSR count). The van der Waals surface area contributed by atoms with E-state index in [0.717, 1.165) is 5.69 Å². The zero-order valence-electron chi connectivity index (χ0n) is 11.1. The molecule has 0 bridgehead atoms. The molecule has 0 fully saturated rings. The first kappa shape index (κ1) is 14.4. The van der Waals surface area contributed by atoms with E-state index in [4.69, 9.17) is 9.84 Å². The van der Waals surface area contributed by atoms with Gasteiger partial charge in [0.2, 0.25) is 5.75 Å². The summed E-state index contributed by atoms with van der Waals surface area (Å²) < 4.78 is 5.35. The van der Waals surface area contributed by atoms with Gasteiger partial charge in [-0.1, -0.05) is 12.1 Å². The first-order valence-electron chi connectivity index (χ1n) is 6.05. The van der Waals surface area contributed by atoms with Gasteiger partial charge in [-0.3, -0.25) is 15.1 Å². The number of rotatable bonds is 5. The molecule has 0 radical (unpaired) electrons. The van der Waals surface area contributed by atoms with Crippen LogP contribution in [0.1, 0.15) is 21.7 Å². The van der Waals surface area contributed by atoms with E-state index in [2.05, 4.69) is 4.98 Å². The molecule has 0 saturated carbocycles. The van der Waals surface area contributed by atoms with E-state index >= 15 is 0 Å². The number of aromatic carboxylic acids is 1. The molecule has 108 valence electrons. The Morgan fingerprint density at radius 3 is 2.67 bits per heavy atom. The lowest BCUT2D eigenvalue weighted by Crippen LogP contribution is -2.07. The van der Waals surface area contributed by atoms with Gasteiger partial charge >= 0.3 is 11.7 Å². The molecule has 0 amide bonds. The number of carboxylic acids is 1. The standard InChI is InChI=1S/C14H12N2O5/c1-9-4-2-5-10(15-9)8-21-13-11(14(17)18)6-3-7-12(13)16(19)20/h2-7H,8H2,1H3,(H,17,18). The van der Waals surface area contributed by atoms with E-state index in [1.54, 1.807) is 25.1 Å². The summed E-state index contributed by atoms with van der Waals surface area (Å²) >= 11 is 0. The van der Waals surface area contributed by atoms with Crippen LogP contribution in [0.25, 0.3) is 0 Å². The average Bonchev–Trinajstić information content (AvgIpc) is 2.44. The third-order valence-electron chi connectivity index (χ3n) is 2.73. The fourth-order valence-corrected chi connectivity index (χ4v) is 1.81. The summed E-state index contributed by atoms with van der Waals surface area (Å²) in [6.07, 6.45) is 0. The smallest absolute Gasteiger partial charge is 0.339 e. The number of aromatic nitrogens is 1. The van der Waals surface area contributed by atoms with Crippen molar-refractivity contribution in [3.63, 3.8) is 0 Å². The number of hydrogen-bond acceptors (Lipinski definition) is 5. The molecule has 2 aromatic rings. The number of nitrogens with zero attached hydrogens (tertiary/aromatic N) is 2. The van der Waals surface area contributed by atoms with Gasteiger partial charge in [0.15, 0.2) is 0 Å². The summed E-state index contributed by atoms with van der Waals surface area (Å²) in [5, 5.41) is 20.1. The fraction of sp³-hybridized carbons (Fsp3) is 0.143. The van der Waals surface area contributed by atoms with Crippen LogP contribution in [0.5, 0.6) is 5.75 Å². The van der Waals surface area contributed by atoms with E-state index < -0.39 is 10.9 Å². The molecule has 1 aromatic carbocycles. The topological polar surface area (TPSA) is 103 Å². The molecule has 1 aromatic heterocycles. The monoisotopic (exact) mass is 288 g/mol. The Labute approximate surface area is 120 Å². The van der Waals surface area contributed by atoms with Crippen molar-refractivity contribution in [3.8, 4) is 5.75 Å². The molecule has 1 heterocycles. The average molecular weight is 288 g/mol. The van der Waals surface area contributed by atoms with Crippen LogP contribution in [0.2, 0.25) is 0 Å². The molecular weight excluding hydrogens is 276 g/mol. The molecule has 0 aliphatic rings.